The molecule has 0 saturated carbocycles. The Bertz CT molecular complexity index is 1150. The van der Waals surface area contributed by atoms with Crippen molar-refractivity contribution in [2.75, 3.05) is 25.0 Å². The molecule has 0 spiro atoms. The number of likely N-dealkylation sites (tertiary alicyclic amines) is 1. The molecule has 0 aliphatic carbocycles. The van der Waals surface area contributed by atoms with Crippen molar-refractivity contribution >= 4 is 17.5 Å². The number of rotatable bonds is 5. The van der Waals surface area contributed by atoms with Gasteiger partial charge in [0, 0.05) is 30.9 Å². The van der Waals surface area contributed by atoms with Gasteiger partial charge < -0.3 is 15.0 Å². The van der Waals surface area contributed by atoms with E-state index in [0.717, 1.165) is 73.0 Å². The predicted octanol–water partition coefficient (Wildman–Crippen LogP) is 4.80. The van der Waals surface area contributed by atoms with E-state index in [2.05, 4.69) is 22.4 Å². The minimum Gasteiger partial charge on any atom is -0.493 e. The Morgan fingerprint density at radius 2 is 2.12 bits per heavy atom. The smallest absolute Gasteiger partial charge is 0.227 e. The molecule has 1 N–H and O–H groups in total. The number of benzene rings is 1. The van der Waals surface area contributed by atoms with Crippen LogP contribution in [0.2, 0.25) is 0 Å². The number of carbonyl (C=O) groups is 1. The van der Waals surface area contributed by atoms with Crippen molar-refractivity contribution in [2.24, 2.45) is 0 Å². The van der Waals surface area contributed by atoms with Gasteiger partial charge in [-0.15, -0.1) is 0 Å². The number of fused-ring (bicyclic) bond motifs is 1. The molecule has 5 rings (SSSR count). The van der Waals surface area contributed by atoms with Gasteiger partial charge in [0.05, 0.1) is 13.0 Å². The monoisotopic (exact) mass is 442 g/mol. The van der Waals surface area contributed by atoms with Gasteiger partial charge in [0.25, 0.3) is 0 Å². The first-order valence-electron chi connectivity index (χ1n) is 11.8. The molecule has 0 bridgehead atoms. The van der Waals surface area contributed by atoms with Crippen molar-refractivity contribution in [3.05, 3.63) is 77.1 Å². The summed E-state index contributed by atoms with van der Waals surface area (Å²) in [5.41, 5.74) is 4.39. The van der Waals surface area contributed by atoms with Crippen LogP contribution in [0, 0.1) is 6.92 Å². The second-order valence-electron chi connectivity index (χ2n) is 8.99. The first-order valence-corrected chi connectivity index (χ1v) is 11.8. The van der Waals surface area contributed by atoms with Gasteiger partial charge in [-0.25, -0.2) is 9.97 Å². The summed E-state index contributed by atoms with van der Waals surface area (Å²) in [5, 5.41) is 3.33. The van der Waals surface area contributed by atoms with Crippen LogP contribution in [0.1, 0.15) is 47.6 Å². The summed E-state index contributed by atoms with van der Waals surface area (Å²) in [6.07, 6.45) is 6.32. The van der Waals surface area contributed by atoms with E-state index in [-0.39, 0.29) is 11.8 Å². The summed E-state index contributed by atoms with van der Waals surface area (Å²) in [6.45, 7) is 4.34. The third-order valence-corrected chi connectivity index (χ3v) is 6.55. The third kappa shape index (κ3) is 5.00. The maximum absolute atomic E-state index is 13.1. The van der Waals surface area contributed by atoms with Crippen molar-refractivity contribution in [2.45, 2.75) is 44.9 Å². The van der Waals surface area contributed by atoms with Crippen LogP contribution in [-0.4, -0.2) is 40.5 Å². The zero-order valence-corrected chi connectivity index (χ0v) is 19.1. The third-order valence-electron chi connectivity index (χ3n) is 6.55. The molecule has 33 heavy (non-hydrogen) atoms. The zero-order valence-electron chi connectivity index (χ0n) is 19.1. The standard InChI is InChI=1S/C27H30N4O2/c1-19-6-3-13-28-27(19)30-25-10-2-9-23(29-25)22-7-4-14-31(18-22)26(32)17-20-11-12-24-21(16-20)8-5-15-33-24/h2-3,6,9-13,16,22H,4-5,7-8,14-15,17-18H2,1H3,(H,28,29,30)/t22-/m0/s1. The van der Waals surface area contributed by atoms with E-state index in [1.807, 2.05) is 48.2 Å². The van der Waals surface area contributed by atoms with Crippen molar-refractivity contribution in [3.8, 4) is 5.75 Å². The SMILES string of the molecule is Cc1cccnc1Nc1cccc([C@H]2CCCN(C(=O)Cc3ccc4c(c3)CCCO4)C2)n1. The normalized spacial score (nSPS) is 17.7. The molecule has 6 heteroatoms. The number of amides is 1. The van der Waals surface area contributed by atoms with Gasteiger partial charge in [0.2, 0.25) is 5.91 Å². The lowest BCUT2D eigenvalue weighted by Crippen LogP contribution is -2.40. The Morgan fingerprint density at radius 1 is 1.18 bits per heavy atom. The predicted molar refractivity (Wildman–Crippen MR) is 129 cm³/mol. The number of pyridine rings is 2. The number of ether oxygens (including phenoxy) is 1. The van der Waals surface area contributed by atoms with E-state index in [4.69, 9.17) is 9.72 Å². The fourth-order valence-corrected chi connectivity index (χ4v) is 4.74. The Labute approximate surface area is 195 Å². The molecule has 4 heterocycles. The number of anilines is 2. The molecule has 6 nitrogen and oxygen atoms in total. The van der Waals surface area contributed by atoms with Crippen LogP contribution in [0.5, 0.6) is 5.75 Å². The lowest BCUT2D eigenvalue weighted by Gasteiger charge is -2.33. The lowest BCUT2D eigenvalue weighted by molar-refractivity contribution is -0.131. The van der Waals surface area contributed by atoms with E-state index < -0.39 is 0 Å². The number of hydrogen-bond donors (Lipinski definition) is 1. The molecule has 1 amide bonds. The topological polar surface area (TPSA) is 67.4 Å². The molecule has 0 radical (unpaired) electrons. The van der Waals surface area contributed by atoms with Crippen LogP contribution in [-0.2, 0) is 17.6 Å². The number of nitrogens with one attached hydrogen (secondary N) is 1. The molecule has 2 aromatic heterocycles. The van der Waals surface area contributed by atoms with Gasteiger partial charge in [-0.1, -0.05) is 24.3 Å². The van der Waals surface area contributed by atoms with Gasteiger partial charge in [0.1, 0.15) is 17.4 Å². The van der Waals surface area contributed by atoms with Gasteiger partial charge in [-0.3, -0.25) is 4.79 Å². The molecule has 0 unspecified atom stereocenters. The second kappa shape index (κ2) is 9.61. The summed E-state index contributed by atoms with van der Waals surface area (Å²) in [7, 11) is 0. The van der Waals surface area contributed by atoms with Crippen molar-refractivity contribution in [1.82, 2.24) is 14.9 Å². The van der Waals surface area contributed by atoms with E-state index in [9.17, 15) is 4.79 Å². The first kappa shape index (κ1) is 21.4. The summed E-state index contributed by atoms with van der Waals surface area (Å²) in [6, 6.07) is 16.2. The van der Waals surface area contributed by atoms with Gasteiger partial charge in [-0.05, 0) is 73.6 Å². The Kier molecular flexibility index (Phi) is 6.24. The van der Waals surface area contributed by atoms with E-state index in [0.29, 0.717) is 13.0 Å². The van der Waals surface area contributed by atoms with Gasteiger partial charge >= 0.3 is 0 Å². The highest BCUT2D eigenvalue weighted by molar-refractivity contribution is 5.79. The van der Waals surface area contributed by atoms with E-state index in [1.165, 1.54) is 5.56 Å². The Balaban J connectivity index is 1.25. The maximum Gasteiger partial charge on any atom is 0.227 e. The zero-order chi connectivity index (χ0) is 22.6. The molecule has 2 aliphatic rings. The Hall–Kier alpha value is -3.41. The number of aryl methyl sites for hydroxylation is 2. The Morgan fingerprint density at radius 3 is 3.03 bits per heavy atom. The molecule has 170 valence electrons. The summed E-state index contributed by atoms with van der Waals surface area (Å²) >= 11 is 0. The van der Waals surface area contributed by atoms with Crippen molar-refractivity contribution in [3.63, 3.8) is 0 Å². The number of nitrogens with zero attached hydrogens (tertiary/aromatic N) is 3. The lowest BCUT2D eigenvalue weighted by atomic mass is 9.93. The molecule has 1 saturated heterocycles. The molecule has 1 fully saturated rings. The largest absolute Gasteiger partial charge is 0.493 e. The van der Waals surface area contributed by atoms with E-state index in [1.54, 1.807) is 6.20 Å². The van der Waals surface area contributed by atoms with Crippen molar-refractivity contribution < 1.29 is 9.53 Å². The molecular weight excluding hydrogens is 412 g/mol. The van der Waals surface area contributed by atoms with Crippen LogP contribution in [0.15, 0.2) is 54.7 Å². The van der Waals surface area contributed by atoms with Crippen LogP contribution in [0.4, 0.5) is 11.6 Å². The first-order chi connectivity index (χ1) is 16.2. The molecule has 1 atom stereocenters. The summed E-state index contributed by atoms with van der Waals surface area (Å²) in [4.78, 5) is 24.4. The fraction of sp³-hybridized carbons (Fsp3) is 0.370. The summed E-state index contributed by atoms with van der Waals surface area (Å²) < 4.78 is 5.71. The van der Waals surface area contributed by atoms with Crippen LogP contribution >= 0.6 is 0 Å². The van der Waals surface area contributed by atoms with Gasteiger partial charge in [-0.2, -0.15) is 0 Å². The van der Waals surface area contributed by atoms with Crippen molar-refractivity contribution in [1.29, 1.82) is 0 Å². The van der Waals surface area contributed by atoms with Crippen LogP contribution in [0.25, 0.3) is 0 Å². The molecule has 2 aliphatic heterocycles. The molecule has 3 aromatic rings. The highest BCUT2D eigenvalue weighted by Gasteiger charge is 2.26. The average Bonchev–Trinajstić information content (AvgIpc) is 2.86. The number of piperidine rings is 1. The van der Waals surface area contributed by atoms with Gasteiger partial charge in [0.15, 0.2) is 0 Å². The van der Waals surface area contributed by atoms with E-state index >= 15 is 0 Å². The number of hydrogen-bond acceptors (Lipinski definition) is 5. The number of carbonyl (C=O) groups excluding carboxylic acids is 1. The number of aromatic nitrogens is 2. The quantitative estimate of drug-likeness (QED) is 0.615. The summed E-state index contributed by atoms with van der Waals surface area (Å²) in [5.74, 6) is 3.00. The highest BCUT2D eigenvalue weighted by Crippen LogP contribution is 2.29. The fourth-order valence-electron chi connectivity index (χ4n) is 4.74. The minimum atomic E-state index is 0.190. The minimum absolute atomic E-state index is 0.190. The second-order valence-corrected chi connectivity index (χ2v) is 8.99. The van der Waals surface area contributed by atoms with Crippen LogP contribution in [0.3, 0.4) is 0 Å². The molecule has 1 aromatic carbocycles. The van der Waals surface area contributed by atoms with Crippen LogP contribution < -0.4 is 10.1 Å². The highest BCUT2D eigenvalue weighted by atomic mass is 16.5. The maximum atomic E-state index is 13.1. The molecular formula is C27H30N4O2. The average molecular weight is 443 g/mol.